The van der Waals surface area contributed by atoms with Crippen LogP contribution in [0.3, 0.4) is 0 Å². The van der Waals surface area contributed by atoms with Gasteiger partial charge in [0.1, 0.15) is 11.0 Å². The average molecular weight is 342 g/mol. The predicted molar refractivity (Wildman–Crippen MR) is 91.9 cm³/mol. The van der Waals surface area contributed by atoms with Crippen LogP contribution in [0.5, 0.6) is 0 Å². The molecule has 1 fully saturated rings. The molecule has 2 aromatic heterocycles. The first-order valence-corrected chi connectivity index (χ1v) is 8.94. The molecule has 1 amide bonds. The lowest BCUT2D eigenvalue weighted by Gasteiger charge is -2.21. The summed E-state index contributed by atoms with van der Waals surface area (Å²) < 4.78 is 4.70. The molecule has 3 heterocycles. The molecule has 0 spiro atoms. The lowest BCUT2D eigenvalue weighted by atomic mass is 10.1. The van der Waals surface area contributed by atoms with Crippen molar-refractivity contribution in [2.24, 2.45) is 0 Å². The molecule has 4 rings (SSSR count). The Kier molecular flexibility index (Phi) is 4.27. The van der Waals surface area contributed by atoms with Gasteiger partial charge in [-0.3, -0.25) is 9.69 Å². The minimum Gasteiger partial charge on any atom is -0.337 e. The SMILES string of the molecule is O=C(c1ccc2nonc2c1)N1CCCN(Cc2cccs2)CC1. The highest BCUT2D eigenvalue weighted by atomic mass is 32.1. The molecule has 0 bridgehead atoms. The second-order valence-corrected chi connectivity index (χ2v) is 7.00. The number of hydrogen-bond acceptors (Lipinski definition) is 6. The van der Waals surface area contributed by atoms with E-state index in [9.17, 15) is 4.79 Å². The molecule has 124 valence electrons. The van der Waals surface area contributed by atoms with Crippen molar-refractivity contribution in [3.05, 3.63) is 46.2 Å². The summed E-state index contributed by atoms with van der Waals surface area (Å²) >= 11 is 1.79. The van der Waals surface area contributed by atoms with Crippen LogP contribution in [0.25, 0.3) is 11.0 Å². The van der Waals surface area contributed by atoms with Gasteiger partial charge in [-0.2, -0.15) is 0 Å². The van der Waals surface area contributed by atoms with Gasteiger partial charge in [0, 0.05) is 43.2 Å². The second-order valence-electron chi connectivity index (χ2n) is 5.97. The number of thiophene rings is 1. The van der Waals surface area contributed by atoms with E-state index in [1.165, 1.54) is 4.88 Å². The van der Waals surface area contributed by atoms with Crippen LogP contribution in [-0.4, -0.2) is 52.2 Å². The summed E-state index contributed by atoms with van der Waals surface area (Å²) in [7, 11) is 0. The van der Waals surface area contributed by atoms with Gasteiger partial charge in [0.05, 0.1) is 0 Å². The molecule has 1 aliphatic heterocycles. The van der Waals surface area contributed by atoms with E-state index in [-0.39, 0.29) is 5.91 Å². The molecular weight excluding hydrogens is 324 g/mol. The van der Waals surface area contributed by atoms with E-state index in [2.05, 4.69) is 32.7 Å². The first-order chi connectivity index (χ1) is 11.8. The summed E-state index contributed by atoms with van der Waals surface area (Å²) in [4.78, 5) is 18.5. The van der Waals surface area contributed by atoms with Gasteiger partial charge in [0.2, 0.25) is 0 Å². The van der Waals surface area contributed by atoms with Gasteiger partial charge in [0.15, 0.2) is 0 Å². The molecule has 1 aliphatic rings. The van der Waals surface area contributed by atoms with Crippen molar-refractivity contribution >= 4 is 28.3 Å². The standard InChI is InChI=1S/C17H18N4O2S/c22-17(13-4-5-15-16(11-13)19-23-18-15)21-7-2-6-20(8-9-21)12-14-3-1-10-24-14/h1,3-5,10-11H,2,6-9,12H2. The molecule has 6 nitrogen and oxygen atoms in total. The molecule has 24 heavy (non-hydrogen) atoms. The van der Waals surface area contributed by atoms with Crippen LogP contribution in [0, 0.1) is 0 Å². The van der Waals surface area contributed by atoms with Crippen molar-refractivity contribution in [2.45, 2.75) is 13.0 Å². The quantitative estimate of drug-likeness (QED) is 0.732. The molecule has 0 aliphatic carbocycles. The minimum atomic E-state index is 0.0536. The van der Waals surface area contributed by atoms with Crippen LogP contribution in [-0.2, 0) is 6.54 Å². The van der Waals surface area contributed by atoms with Gasteiger partial charge < -0.3 is 4.90 Å². The van der Waals surface area contributed by atoms with Crippen molar-refractivity contribution in [3.63, 3.8) is 0 Å². The van der Waals surface area contributed by atoms with Gasteiger partial charge in [-0.15, -0.1) is 11.3 Å². The summed E-state index contributed by atoms with van der Waals surface area (Å²) in [5.41, 5.74) is 1.93. The van der Waals surface area contributed by atoms with Gasteiger partial charge >= 0.3 is 0 Å². The number of nitrogens with zero attached hydrogens (tertiary/aromatic N) is 4. The Balaban J connectivity index is 1.43. The monoisotopic (exact) mass is 342 g/mol. The van der Waals surface area contributed by atoms with Crippen molar-refractivity contribution in [1.29, 1.82) is 0 Å². The molecule has 7 heteroatoms. The summed E-state index contributed by atoms with van der Waals surface area (Å²) in [5.74, 6) is 0.0536. The van der Waals surface area contributed by atoms with E-state index in [1.54, 1.807) is 29.5 Å². The van der Waals surface area contributed by atoms with E-state index < -0.39 is 0 Å². The third kappa shape index (κ3) is 3.18. The summed E-state index contributed by atoms with van der Waals surface area (Å²) in [6, 6.07) is 9.58. The summed E-state index contributed by atoms with van der Waals surface area (Å²) in [6.07, 6.45) is 0.991. The third-order valence-electron chi connectivity index (χ3n) is 4.34. The first kappa shape index (κ1) is 15.3. The fourth-order valence-electron chi connectivity index (χ4n) is 3.05. The smallest absolute Gasteiger partial charge is 0.253 e. The summed E-state index contributed by atoms with van der Waals surface area (Å²) in [5, 5.41) is 9.70. The maximum atomic E-state index is 12.8. The van der Waals surface area contributed by atoms with Crippen molar-refractivity contribution in [2.75, 3.05) is 26.2 Å². The minimum absolute atomic E-state index is 0.0536. The molecular formula is C17H18N4O2S. The molecule has 3 aromatic rings. The normalized spacial score (nSPS) is 16.4. The molecule has 0 N–H and O–H groups in total. The number of carbonyl (C=O) groups is 1. The van der Waals surface area contributed by atoms with E-state index >= 15 is 0 Å². The van der Waals surface area contributed by atoms with Gasteiger partial charge in [-0.05, 0) is 46.4 Å². The Labute approximate surface area is 143 Å². The molecule has 0 radical (unpaired) electrons. The highest BCUT2D eigenvalue weighted by Crippen LogP contribution is 2.17. The number of fused-ring (bicyclic) bond motifs is 1. The Morgan fingerprint density at radius 3 is 2.92 bits per heavy atom. The highest BCUT2D eigenvalue weighted by molar-refractivity contribution is 7.09. The van der Waals surface area contributed by atoms with Crippen LogP contribution in [0.4, 0.5) is 0 Å². The van der Waals surface area contributed by atoms with E-state index in [0.717, 1.165) is 39.1 Å². The second kappa shape index (κ2) is 6.70. The van der Waals surface area contributed by atoms with Crippen LogP contribution in [0.15, 0.2) is 40.3 Å². The van der Waals surface area contributed by atoms with Crippen molar-refractivity contribution in [3.8, 4) is 0 Å². The van der Waals surface area contributed by atoms with E-state index in [4.69, 9.17) is 4.63 Å². The van der Waals surface area contributed by atoms with Crippen LogP contribution in [0.1, 0.15) is 21.7 Å². The Bertz CT molecular complexity index is 830. The Hall–Kier alpha value is -2.25. The van der Waals surface area contributed by atoms with Crippen molar-refractivity contribution < 1.29 is 9.42 Å². The van der Waals surface area contributed by atoms with Gasteiger partial charge in [-0.1, -0.05) is 6.07 Å². The number of benzene rings is 1. The average Bonchev–Trinajstić information content (AvgIpc) is 3.22. The van der Waals surface area contributed by atoms with Gasteiger partial charge in [-0.25, -0.2) is 4.63 Å². The van der Waals surface area contributed by atoms with E-state index in [0.29, 0.717) is 16.6 Å². The number of aromatic nitrogens is 2. The molecule has 1 saturated heterocycles. The number of amides is 1. The number of carbonyl (C=O) groups excluding carboxylic acids is 1. The van der Waals surface area contributed by atoms with Crippen LogP contribution >= 0.6 is 11.3 Å². The Morgan fingerprint density at radius 2 is 2.04 bits per heavy atom. The maximum absolute atomic E-state index is 12.8. The maximum Gasteiger partial charge on any atom is 0.253 e. The van der Waals surface area contributed by atoms with Gasteiger partial charge in [0.25, 0.3) is 5.91 Å². The molecule has 0 atom stereocenters. The van der Waals surface area contributed by atoms with Crippen LogP contribution in [0.2, 0.25) is 0 Å². The van der Waals surface area contributed by atoms with Crippen molar-refractivity contribution in [1.82, 2.24) is 20.1 Å². The van der Waals surface area contributed by atoms with Crippen LogP contribution < -0.4 is 0 Å². The zero-order chi connectivity index (χ0) is 16.4. The number of rotatable bonds is 3. The fourth-order valence-corrected chi connectivity index (χ4v) is 3.80. The molecule has 1 aromatic carbocycles. The summed E-state index contributed by atoms with van der Waals surface area (Å²) in [6.45, 7) is 4.43. The number of hydrogen-bond donors (Lipinski definition) is 0. The zero-order valence-corrected chi connectivity index (χ0v) is 14.0. The lowest BCUT2D eigenvalue weighted by Crippen LogP contribution is -2.35. The lowest BCUT2D eigenvalue weighted by molar-refractivity contribution is 0.0761. The topological polar surface area (TPSA) is 62.5 Å². The molecule has 0 saturated carbocycles. The largest absolute Gasteiger partial charge is 0.337 e. The Morgan fingerprint density at radius 1 is 1.12 bits per heavy atom. The first-order valence-electron chi connectivity index (χ1n) is 8.06. The van der Waals surface area contributed by atoms with E-state index in [1.807, 2.05) is 4.90 Å². The third-order valence-corrected chi connectivity index (χ3v) is 5.20. The predicted octanol–water partition coefficient (Wildman–Crippen LogP) is 2.63. The fraction of sp³-hybridized carbons (Fsp3) is 0.353. The highest BCUT2D eigenvalue weighted by Gasteiger charge is 2.21. The molecule has 0 unspecified atom stereocenters. The zero-order valence-electron chi connectivity index (χ0n) is 13.2.